The number of nitrogens with zero attached hydrogens (tertiary/aromatic N) is 1. The standard InChI is InChI=1S/C7H10FNO5S2/c8-16(13,14)4-1-6(10)9(2-4)5(3-15)7(11)12/h4-5,15H,1-3H2,(H,11,12)/t4?,5-/m0/s1. The number of halogens is 1. The maximum atomic E-state index is 12.6. The molecule has 1 amide bonds. The Hall–Kier alpha value is -0.830. The Morgan fingerprint density at radius 3 is 2.56 bits per heavy atom. The van der Waals surface area contributed by atoms with Gasteiger partial charge in [0.2, 0.25) is 5.91 Å². The zero-order valence-electron chi connectivity index (χ0n) is 8.04. The molecule has 1 saturated heterocycles. The van der Waals surface area contributed by atoms with E-state index in [2.05, 4.69) is 12.6 Å². The zero-order valence-corrected chi connectivity index (χ0v) is 9.75. The molecule has 2 atom stereocenters. The molecule has 1 aliphatic heterocycles. The quantitative estimate of drug-likeness (QED) is 0.519. The molecule has 1 rings (SSSR count). The molecule has 1 heterocycles. The summed E-state index contributed by atoms with van der Waals surface area (Å²) in [6.45, 7) is -0.435. The molecule has 0 aromatic heterocycles. The van der Waals surface area contributed by atoms with Gasteiger partial charge < -0.3 is 10.0 Å². The molecule has 6 nitrogen and oxygen atoms in total. The second kappa shape index (κ2) is 4.58. The zero-order chi connectivity index (χ0) is 12.5. The van der Waals surface area contributed by atoms with Gasteiger partial charge in [-0.3, -0.25) is 4.79 Å². The first-order valence-corrected chi connectivity index (χ1v) is 6.42. The van der Waals surface area contributed by atoms with E-state index in [0.29, 0.717) is 0 Å². The van der Waals surface area contributed by atoms with Gasteiger partial charge >= 0.3 is 16.2 Å². The Morgan fingerprint density at radius 1 is 1.69 bits per heavy atom. The second-order valence-corrected chi connectivity index (χ2v) is 5.37. The minimum atomic E-state index is -4.82. The van der Waals surface area contributed by atoms with Crippen molar-refractivity contribution < 1.29 is 27.0 Å². The van der Waals surface area contributed by atoms with Crippen LogP contribution in [0, 0.1) is 0 Å². The van der Waals surface area contributed by atoms with Crippen LogP contribution in [0.1, 0.15) is 6.42 Å². The lowest BCUT2D eigenvalue weighted by Crippen LogP contribution is -2.44. The van der Waals surface area contributed by atoms with E-state index in [9.17, 15) is 21.9 Å². The van der Waals surface area contributed by atoms with Crippen molar-refractivity contribution in [2.75, 3.05) is 12.3 Å². The lowest BCUT2D eigenvalue weighted by molar-refractivity contribution is -0.147. The largest absolute Gasteiger partial charge is 0.480 e. The van der Waals surface area contributed by atoms with Crippen LogP contribution in [-0.4, -0.2) is 53.9 Å². The number of amides is 1. The number of likely N-dealkylation sites (tertiary alicyclic amines) is 1. The van der Waals surface area contributed by atoms with Crippen molar-refractivity contribution in [1.82, 2.24) is 4.90 Å². The van der Waals surface area contributed by atoms with Crippen molar-refractivity contribution in [3.63, 3.8) is 0 Å². The molecule has 92 valence electrons. The lowest BCUT2D eigenvalue weighted by Gasteiger charge is -2.22. The van der Waals surface area contributed by atoms with Crippen LogP contribution in [0.3, 0.4) is 0 Å². The number of carboxylic acids is 1. The Bertz CT molecular complexity index is 409. The van der Waals surface area contributed by atoms with Crippen LogP contribution >= 0.6 is 12.6 Å². The number of hydrogen-bond acceptors (Lipinski definition) is 5. The Balaban J connectivity index is 2.86. The fourth-order valence-electron chi connectivity index (χ4n) is 1.50. The monoisotopic (exact) mass is 271 g/mol. The summed E-state index contributed by atoms with van der Waals surface area (Å²) in [5.41, 5.74) is 0. The van der Waals surface area contributed by atoms with E-state index in [1.807, 2.05) is 0 Å². The molecule has 0 aromatic carbocycles. The normalized spacial score (nSPS) is 23.5. The smallest absolute Gasteiger partial charge is 0.327 e. The molecule has 9 heteroatoms. The van der Waals surface area contributed by atoms with Crippen molar-refractivity contribution in [2.45, 2.75) is 17.7 Å². The highest BCUT2D eigenvalue weighted by molar-refractivity contribution is 7.87. The van der Waals surface area contributed by atoms with Gasteiger partial charge in [-0.15, -0.1) is 3.89 Å². The van der Waals surface area contributed by atoms with E-state index in [1.165, 1.54) is 0 Å². The van der Waals surface area contributed by atoms with Gasteiger partial charge in [0.1, 0.15) is 11.3 Å². The molecule has 0 aliphatic carbocycles. The number of carbonyl (C=O) groups excluding carboxylic acids is 1. The lowest BCUT2D eigenvalue weighted by atomic mass is 10.3. The summed E-state index contributed by atoms with van der Waals surface area (Å²) < 4.78 is 33.8. The molecule has 0 saturated carbocycles. The summed E-state index contributed by atoms with van der Waals surface area (Å²) in [6, 6.07) is -1.22. The molecule has 1 N–H and O–H groups in total. The van der Waals surface area contributed by atoms with Gasteiger partial charge in [-0.2, -0.15) is 21.0 Å². The first-order chi connectivity index (χ1) is 7.27. The van der Waals surface area contributed by atoms with Crippen molar-refractivity contribution in [2.24, 2.45) is 0 Å². The maximum absolute atomic E-state index is 12.6. The predicted octanol–water partition coefficient (Wildman–Crippen LogP) is -0.730. The van der Waals surface area contributed by atoms with Crippen LogP contribution < -0.4 is 0 Å². The topological polar surface area (TPSA) is 91.8 Å². The number of carbonyl (C=O) groups is 2. The first-order valence-electron chi connectivity index (χ1n) is 4.34. The average molecular weight is 271 g/mol. The molecule has 0 spiro atoms. The summed E-state index contributed by atoms with van der Waals surface area (Å²) in [5, 5.41) is 7.28. The summed E-state index contributed by atoms with van der Waals surface area (Å²) in [6.07, 6.45) is -0.517. The Labute approximate surface area is 97.0 Å². The highest BCUT2D eigenvalue weighted by Gasteiger charge is 2.42. The highest BCUT2D eigenvalue weighted by atomic mass is 32.3. The van der Waals surface area contributed by atoms with Crippen LogP contribution in [0.15, 0.2) is 0 Å². The van der Waals surface area contributed by atoms with E-state index < -0.39 is 46.4 Å². The Morgan fingerprint density at radius 2 is 2.25 bits per heavy atom. The van der Waals surface area contributed by atoms with Crippen LogP contribution in [0.4, 0.5) is 3.89 Å². The van der Waals surface area contributed by atoms with Gasteiger partial charge in [-0.05, 0) is 0 Å². The Kier molecular flexibility index (Phi) is 3.79. The third-order valence-corrected chi connectivity index (χ3v) is 3.81. The third kappa shape index (κ3) is 2.64. The van der Waals surface area contributed by atoms with Gasteiger partial charge in [-0.1, -0.05) is 0 Å². The van der Waals surface area contributed by atoms with Crippen molar-refractivity contribution >= 4 is 34.7 Å². The van der Waals surface area contributed by atoms with Gasteiger partial charge in [0.15, 0.2) is 0 Å². The highest BCUT2D eigenvalue weighted by Crippen LogP contribution is 2.22. The van der Waals surface area contributed by atoms with Crippen LogP contribution in [0.2, 0.25) is 0 Å². The molecule has 0 radical (unpaired) electrons. The molecule has 1 unspecified atom stereocenters. The summed E-state index contributed by atoms with van der Waals surface area (Å²) in [7, 11) is -4.82. The molecule has 0 bridgehead atoms. The molecule has 1 aliphatic rings. The predicted molar refractivity (Wildman–Crippen MR) is 55.4 cm³/mol. The maximum Gasteiger partial charge on any atom is 0.327 e. The second-order valence-electron chi connectivity index (χ2n) is 3.38. The summed E-state index contributed by atoms with van der Waals surface area (Å²) >= 11 is 3.75. The first kappa shape index (κ1) is 13.2. The van der Waals surface area contributed by atoms with Crippen LogP contribution in [0.25, 0.3) is 0 Å². The van der Waals surface area contributed by atoms with E-state index in [4.69, 9.17) is 5.11 Å². The van der Waals surface area contributed by atoms with Gasteiger partial charge in [0.05, 0.1) is 0 Å². The average Bonchev–Trinajstić information content (AvgIpc) is 2.48. The number of carboxylic acid groups (broad SMARTS) is 1. The number of hydrogen-bond donors (Lipinski definition) is 2. The third-order valence-electron chi connectivity index (χ3n) is 2.36. The number of aliphatic carboxylic acids is 1. The van der Waals surface area contributed by atoms with E-state index in [0.717, 1.165) is 4.90 Å². The van der Waals surface area contributed by atoms with Gasteiger partial charge in [-0.25, -0.2) is 4.79 Å². The van der Waals surface area contributed by atoms with E-state index >= 15 is 0 Å². The van der Waals surface area contributed by atoms with Crippen molar-refractivity contribution in [3.05, 3.63) is 0 Å². The minimum absolute atomic E-state index is 0.153. The minimum Gasteiger partial charge on any atom is -0.480 e. The summed E-state index contributed by atoms with van der Waals surface area (Å²) in [5.74, 6) is -2.13. The number of rotatable bonds is 4. The number of thiol groups is 1. The molecule has 16 heavy (non-hydrogen) atoms. The van der Waals surface area contributed by atoms with Gasteiger partial charge in [0.25, 0.3) is 0 Å². The SMILES string of the molecule is O=C(O)[C@H](CS)N1CC(S(=O)(=O)F)CC1=O. The van der Waals surface area contributed by atoms with Crippen molar-refractivity contribution in [3.8, 4) is 0 Å². The summed E-state index contributed by atoms with van der Waals surface area (Å²) in [4.78, 5) is 22.9. The van der Waals surface area contributed by atoms with Gasteiger partial charge in [0, 0.05) is 18.7 Å². The molecule has 0 aromatic rings. The van der Waals surface area contributed by atoms with E-state index in [1.54, 1.807) is 0 Å². The fraction of sp³-hybridized carbons (Fsp3) is 0.714. The molecule has 1 fully saturated rings. The van der Waals surface area contributed by atoms with E-state index in [-0.39, 0.29) is 5.75 Å². The van der Waals surface area contributed by atoms with Crippen LogP contribution in [-0.2, 0) is 19.8 Å². The molecular formula is C7H10FNO5S2. The van der Waals surface area contributed by atoms with Crippen molar-refractivity contribution in [1.29, 1.82) is 0 Å². The van der Waals surface area contributed by atoms with Crippen LogP contribution in [0.5, 0.6) is 0 Å². The fourth-order valence-corrected chi connectivity index (χ4v) is 2.53. The molecular weight excluding hydrogens is 261 g/mol.